The third kappa shape index (κ3) is 3.73. The van der Waals surface area contributed by atoms with Gasteiger partial charge in [0, 0.05) is 38.3 Å². The molecule has 1 heterocycles. The number of methoxy groups -OCH3 is 2. The van der Waals surface area contributed by atoms with Crippen LogP contribution in [0, 0.1) is 5.92 Å². The first-order valence-electron chi connectivity index (χ1n) is 8.45. The Morgan fingerprint density at radius 2 is 1.68 bits per heavy atom. The van der Waals surface area contributed by atoms with E-state index >= 15 is 0 Å². The second-order valence-corrected chi connectivity index (χ2v) is 6.61. The Balaban J connectivity index is 1.73. The largest absolute Gasteiger partial charge is 0.497 e. The van der Waals surface area contributed by atoms with Crippen LogP contribution in [0.3, 0.4) is 0 Å². The van der Waals surface area contributed by atoms with E-state index < -0.39 is 0 Å². The zero-order chi connectivity index (χ0) is 15.4. The Kier molecular flexibility index (Phi) is 5.21. The molecule has 0 bridgehead atoms. The molecular formula is C18H28N2O2. The summed E-state index contributed by atoms with van der Waals surface area (Å²) in [5.74, 6) is 2.57. The van der Waals surface area contributed by atoms with Crippen molar-refractivity contribution in [3.63, 3.8) is 0 Å². The minimum Gasteiger partial charge on any atom is -0.497 e. The van der Waals surface area contributed by atoms with Gasteiger partial charge in [0.05, 0.1) is 14.2 Å². The maximum Gasteiger partial charge on any atom is 0.122 e. The van der Waals surface area contributed by atoms with Gasteiger partial charge in [0.15, 0.2) is 0 Å². The van der Waals surface area contributed by atoms with Gasteiger partial charge in [-0.15, -0.1) is 0 Å². The first kappa shape index (κ1) is 15.6. The van der Waals surface area contributed by atoms with E-state index in [1.807, 2.05) is 6.07 Å². The van der Waals surface area contributed by atoms with Crippen LogP contribution in [0.2, 0.25) is 0 Å². The summed E-state index contributed by atoms with van der Waals surface area (Å²) in [6.45, 7) is 4.54. The lowest BCUT2D eigenvalue weighted by Crippen LogP contribution is -2.49. The summed E-state index contributed by atoms with van der Waals surface area (Å²) in [7, 11) is 3.43. The molecule has 4 heteroatoms. The van der Waals surface area contributed by atoms with Gasteiger partial charge in [-0.3, -0.25) is 4.90 Å². The molecular weight excluding hydrogens is 276 g/mol. The molecule has 4 nitrogen and oxygen atoms in total. The summed E-state index contributed by atoms with van der Waals surface area (Å²) in [5, 5.41) is 3.39. The first-order chi connectivity index (χ1) is 10.8. The van der Waals surface area contributed by atoms with Gasteiger partial charge in [0.1, 0.15) is 11.5 Å². The number of ether oxygens (including phenoxy) is 2. The molecule has 0 spiro atoms. The van der Waals surface area contributed by atoms with Gasteiger partial charge in [0.25, 0.3) is 0 Å². The van der Waals surface area contributed by atoms with Crippen molar-refractivity contribution in [2.24, 2.45) is 5.92 Å². The van der Waals surface area contributed by atoms with E-state index in [0.717, 1.165) is 30.0 Å². The topological polar surface area (TPSA) is 33.7 Å². The minimum absolute atomic E-state index is 0.748. The Hall–Kier alpha value is -1.26. The molecule has 122 valence electrons. The van der Waals surface area contributed by atoms with Crippen LogP contribution < -0.4 is 14.8 Å². The molecule has 1 aliphatic heterocycles. The minimum atomic E-state index is 0.748. The van der Waals surface area contributed by atoms with Crippen LogP contribution in [-0.2, 0) is 6.54 Å². The molecule has 0 amide bonds. The van der Waals surface area contributed by atoms with Crippen molar-refractivity contribution < 1.29 is 9.47 Å². The second-order valence-electron chi connectivity index (χ2n) is 6.61. The second kappa shape index (κ2) is 7.34. The maximum absolute atomic E-state index is 5.41. The van der Waals surface area contributed by atoms with Crippen molar-refractivity contribution in [1.29, 1.82) is 0 Å². The van der Waals surface area contributed by atoms with Crippen LogP contribution >= 0.6 is 0 Å². The molecule has 0 unspecified atom stereocenters. The lowest BCUT2D eigenvalue weighted by Gasteiger charge is -2.36. The van der Waals surface area contributed by atoms with Crippen LogP contribution in [0.4, 0.5) is 0 Å². The van der Waals surface area contributed by atoms with Gasteiger partial charge in [-0.1, -0.05) is 12.8 Å². The molecule has 1 aliphatic carbocycles. The van der Waals surface area contributed by atoms with Gasteiger partial charge < -0.3 is 14.8 Å². The highest BCUT2D eigenvalue weighted by atomic mass is 16.5. The summed E-state index contributed by atoms with van der Waals surface area (Å²) >= 11 is 0. The maximum atomic E-state index is 5.41. The summed E-state index contributed by atoms with van der Waals surface area (Å²) in [5.41, 5.74) is 1.29. The van der Waals surface area contributed by atoms with Crippen LogP contribution in [0.5, 0.6) is 11.5 Å². The van der Waals surface area contributed by atoms with Crippen molar-refractivity contribution in [2.45, 2.75) is 38.3 Å². The predicted octanol–water partition coefficient (Wildman–Crippen LogP) is 2.67. The highest BCUT2D eigenvalue weighted by molar-refractivity contribution is 5.38. The van der Waals surface area contributed by atoms with Crippen molar-refractivity contribution in [2.75, 3.05) is 33.9 Å². The van der Waals surface area contributed by atoms with Crippen molar-refractivity contribution in [3.8, 4) is 11.5 Å². The van der Waals surface area contributed by atoms with Gasteiger partial charge in [0.2, 0.25) is 0 Å². The predicted molar refractivity (Wildman–Crippen MR) is 88.6 cm³/mol. The van der Waals surface area contributed by atoms with Gasteiger partial charge in [-0.25, -0.2) is 0 Å². The Labute approximate surface area is 133 Å². The van der Waals surface area contributed by atoms with E-state index in [4.69, 9.17) is 9.47 Å². The molecule has 0 atom stereocenters. The molecule has 2 aliphatic rings. The lowest BCUT2D eigenvalue weighted by molar-refractivity contribution is 0.136. The van der Waals surface area contributed by atoms with Crippen LogP contribution in [-0.4, -0.2) is 44.8 Å². The van der Waals surface area contributed by atoms with E-state index in [2.05, 4.69) is 22.3 Å². The number of hydrogen-bond acceptors (Lipinski definition) is 4. The molecule has 3 rings (SSSR count). The van der Waals surface area contributed by atoms with Crippen molar-refractivity contribution >= 4 is 0 Å². The van der Waals surface area contributed by atoms with Crippen molar-refractivity contribution in [1.82, 2.24) is 10.2 Å². The van der Waals surface area contributed by atoms with Crippen LogP contribution in [0.1, 0.15) is 31.2 Å². The number of benzene rings is 1. The van der Waals surface area contributed by atoms with Gasteiger partial charge >= 0.3 is 0 Å². The number of hydrogen-bond donors (Lipinski definition) is 1. The summed E-state index contributed by atoms with van der Waals surface area (Å²) in [6.07, 6.45) is 5.46. The number of nitrogens with one attached hydrogen (secondary N) is 1. The molecule has 2 fully saturated rings. The van der Waals surface area contributed by atoms with E-state index in [9.17, 15) is 0 Å². The molecule has 1 saturated heterocycles. The number of rotatable bonds is 7. The Morgan fingerprint density at radius 3 is 2.18 bits per heavy atom. The first-order valence-corrected chi connectivity index (χ1v) is 8.45. The molecule has 22 heavy (non-hydrogen) atoms. The van der Waals surface area contributed by atoms with E-state index in [1.54, 1.807) is 14.2 Å². The quantitative estimate of drug-likeness (QED) is 0.840. The third-order valence-corrected chi connectivity index (χ3v) is 5.00. The monoisotopic (exact) mass is 304 g/mol. The molecule has 0 radical (unpaired) electrons. The van der Waals surface area contributed by atoms with Crippen LogP contribution in [0.15, 0.2) is 18.2 Å². The Bertz CT molecular complexity index is 460. The molecule has 1 N–H and O–H groups in total. The van der Waals surface area contributed by atoms with Gasteiger partial charge in [-0.2, -0.15) is 0 Å². The SMILES string of the molecule is COc1cc(CN(CC2CNC2)C2CCCC2)cc(OC)c1. The van der Waals surface area contributed by atoms with Crippen molar-refractivity contribution in [3.05, 3.63) is 23.8 Å². The fourth-order valence-corrected chi connectivity index (χ4v) is 3.61. The fraction of sp³-hybridized carbons (Fsp3) is 0.667. The summed E-state index contributed by atoms with van der Waals surface area (Å²) in [6, 6.07) is 6.98. The molecule has 1 saturated carbocycles. The zero-order valence-electron chi connectivity index (χ0n) is 13.8. The standard InChI is InChI=1S/C18H28N2O2/c1-21-17-7-14(8-18(9-17)22-2)12-20(13-15-10-19-11-15)16-5-3-4-6-16/h7-9,15-16,19H,3-6,10-13H2,1-2H3. The summed E-state index contributed by atoms with van der Waals surface area (Å²) < 4.78 is 10.8. The zero-order valence-corrected chi connectivity index (χ0v) is 13.8. The summed E-state index contributed by atoms with van der Waals surface area (Å²) in [4.78, 5) is 2.69. The van der Waals surface area contributed by atoms with E-state index in [-0.39, 0.29) is 0 Å². The third-order valence-electron chi connectivity index (χ3n) is 5.00. The number of nitrogens with zero attached hydrogens (tertiary/aromatic N) is 1. The smallest absolute Gasteiger partial charge is 0.122 e. The highest BCUT2D eigenvalue weighted by Gasteiger charge is 2.27. The molecule has 1 aromatic carbocycles. The highest BCUT2D eigenvalue weighted by Crippen LogP contribution is 2.29. The van der Waals surface area contributed by atoms with Crippen LogP contribution in [0.25, 0.3) is 0 Å². The average Bonchev–Trinajstić information content (AvgIpc) is 3.03. The normalized spacial score (nSPS) is 19.4. The average molecular weight is 304 g/mol. The van der Waals surface area contributed by atoms with E-state index in [1.165, 1.54) is 50.9 Å². The lowest BCUT2D eigenvalue weighted by atomic mass is 10.0. The van der Waals surface area contributed by atoms with E-state index in [0.29, 0.717) is 0 Å². The Morgan fingerprint density at radius 1 is 1.05 bits per heavy atom. The molecule has 0 aromatic heterocycles. The molecule has 1 aromatic rings. The van der Waals surface area contributed by atoms with Gasteiger partial charge in [-0.05, 0) is 36.5 Å². The fourth-order valence-electron chi connectivity index (χ4n) is 3.61.